The molecule has 0 radical (unpaired) electrons. The molecule has 4 heteroatoms. The number of amides is 1. The minimum absolute atomic E-state index is 0.161. The summed E-state index contributed by atoms with van der Waals surface area (Å²) in [6.07, 6.45) is 0.925. The maximum Gasteiger partial charge on any atom is 0.236 e. The molecule has 1 aliphatic rings. The summed E-state index contributed by atoms with van der Waals surface area (Å²) >= 11 is 0. The first-order valence-corrected chi connectivity index (χ1v) is 6.41. The van der Waals surface area contributed by atoms with Crippen LogP contribution in [0, 0.1) is 0 Å². The molecule has 0 spiro atoms. The molecule has 0 aromatic heterocycles. The van der Waals surface area contributed by atoms with E-state index >= 15 is 0 Å². The largest absolute Gasteiger partial charge is 0.340 e. The molecule has 1 heterocycles. The van der Waals surface area contributed by atoms with E-state index in [-0.39, 0.29) is 11.9 Å². The number of carbonyl (C=O) groups excluding carboxylic acids is 1. The molecule has 2 rings (SSSR count). The molecule has 0 aliphatic carbocycles. The molecule has 1 aromatic carbocycles. The summed E-state index contributed by atoms with van der Waals surface area (Å²) in [6.45, 7) is 2.77. The molecule has 0 bridgehead atoms. The fourth-order valence-corrected chi connectivity index (χ4v) is 2.30. The van der Waals surface area contributed by atoms with E-state index in [2.05, 4.69) is 12.1 Å². The minimum atomic E-state index is 0.161. The van der Waals surface area contributed by atoms with E-state index in [9.17, 15) is 4.79 Å². The fraction of sp³-hybridized carbons (Fsp3) is 0.500. The lowest BCUT2D eigenvalue weighted by Crippen LogP contribution is -2.38. The van der Waals surface area contributed by atoms with E-state index in [4.69, 9.17) is 5.73 Å². The minimum Gasteiger partial charge on any atom is -0.340 e. The van der Waals surface area contributed by atoms with Gasteiger partial charge in [-0.15, -0.1) is 0 Å². The van der Waals surface area contributed by atoms with Gasteiger partial charge in [-0.1, -0.05) is 30.3 Å². The number of likely N-dealkylation sites (tertiary alicyclic amines) is 1. The van der Waals surface area contributed by atoms with Crippen LogP contribution < -0.4 is 5.73 Å². The summed E-state index contributed by atoms with van der Waals surface area (Å²) in [6, 6.07) is 10.3. The zero-order valence-corrected chi connectivity index (χ0v) is 10.9. The van der Waals surface area contributed by atoms with Gasteiger partial charge in [0.2, 0.25) is 5.91 Å². The van der Waals surface area contributed by atoms with Gasteiger partial charge in [-0.25, -0.2) is 0 Å². The van der Waals surface area contributed by atoms with Gasteiger partial charge in [-0.3, -0.25) is 9.69 Å². The smallest absolute Gasteiger partial charge is 0.236 e. The molecule has 18 heavy (non-hydrogen) atoms. The molecule has 1 atom stereocenters. The number of benzene rings is 1. The Kier molecular flexibility index (Phi) is 4.33. The van der Waals surface area contributed by atoms with Crippen LogP contribution in [0.5, 0.6) is 0 Å². The Morgan fingerprint density at radius 2 is 2.17 bits per heavy atom. The van der Waals surface area contributed by atoms with Crippen LogP contribution in [0.15, 0.2) is 30.3 Å². The topological polar surface area (TPSA) is 49.6 Å². The summed E-state index contributed by atoms with van der Waals surface area (Å²) < 4.78 is 0. The number of hydrogen-bond donors (Lipinski definition) is 1. The van der Waals surface area contributed by atoms with Gasteiger partial charge in [-0.2, -0.15) is 0 Å². The second-order valence-corrected chi connectivity index (χ2v) is 5.05. The molecule has 4 nitrogen and oxygen atoms in total. The van der Waals surface area contributed by atoms with Gasteiger partial charge in [0, 0.05) is 25.7 Å². The van der Waals surface area contributed by atoms with Crippen molar-refractivity contribution in [2.45, 2.75) is 19.0 Å². The van der Waals surface area contributed by atoms with E-state index < -0.39 is 0 Å². The van der Waals surface area contributed by atoms with Crippen LogP contribution in [0.25, 0.3) is 0 Å². The number of rotatable bonds is 4. The number of likely N-dealkylation sites (N-methyl/N-ethyl adjacent to an activating group) is 1. The molecule has 1 aromatic rings. The van der Waals surface area contributed by atoms with Crippen LogP contribution in [-0.4, -0.2) is 48.4 Å². The second kappa shape index (κ2) is 5.98. The molecule has 0 saturated carbocycles. The highest BCUT2D eigenvalue weighted by Crippen LogP contribution is 2.08. The maximum absolute atomic E-state index is 12.0. The second-order valence-electron chi connectivity index (χ2n) is 5.05. The molecule has 1 fully saturated rings. The van der Waals surface area contributed by atoms with Gasteiger partial charge < -0.3 is 10.6 Å². The van der Waals surface area contributed by atoms with Gasteiger partial charge in [-0.05, 0) is 19.0 Å². The Morgan fingerprint density at radius 1 is 1.44 bits per heavy atom. The summed E-state index contributed by atoms with van der Waals surface area (Å²) in [5, 5.41) is 0. The lowest BCUT2D eigenvalue weighted by molar-refractivity contribution is -0.131. The van der Waals surface area contributed by atoms with Gasteiger partial charge in [0.25, 0.3) is 0 Å². The molecule has 1 amide bonds. The first-order chi connectivity index (χ1) is 8.65. The van der Waals surface area contributed by atoms with Crippen LogP contribution in [0.3, 0.4) is 0 Å². The SMILES string of the molecule is CN(CC(=O)N1CCC(N)C1)Cc1ccccc1. The number of nitrogens with zero attached hydrogens (tertiary/aromatic N) is 2. The lowest BCUT2D eigenvalue weighted by atomic mass is 10.2. The number of carbonyl (C=O) groups is 1. The van der Waals surface area contributed by atoms with Crippen molar-refractivity contribution in [1.82, 2.24) is 9.80 Å². The molecule has 1 saturated heterocycles. The van der Waals surface area contributed by atoms with Crippen molar-refractivity contribution in [1.29, 1.82) is 0 Å². The van der Waals surface area contributed by atoms with Crippen molar-refractivity contribution in [3.63, 3.8) is 0 Å². The van der Waals surface area contributed by atoms with E-state index in [1.54, 1.807) is 0 Å². The van der Waals surface area contributed by atoms with Crippen molar-refractivity contribution in [2.75, 3.05) is 26.7 Å². The molecular weight excluding hydrogens is 226 g/mol. The highest BCUT2D eigenvalue weighted by Gasteiger charge is 2.23. The highest BCUT2D eigenvalue weighted by atomic mass is 16.2. The standard InChI is InChI=1S/C14H21N3O/c1-16(9-12-5-3-2-4-6-12)11-14(18)17-8-7-13(15)10-17/h2-6,13H,7-11,15H2,1H3. The quantitative estimate of drug-likeness (QED) is 0.851. The van der Waals surface area contributed by atoms with Crippen LogP contribution in [0.2, 0.25) is 0 Å². The first kappa shape index (κ1) is 13.1. The van der Waals surface area contributed by atoms with Crippen molar-refractivity contribution in [3.8, 4) is 0 Å². The van der Waals surface area contributed by atoms with Crippen molar-refractivity contribution < 1.29 is 4.79 Å². The van der Waals surface area contributed by atoms with Crippen LogP contribution in [0.4, 0.5) is 0 Å². The predicted molar refractivity (Wildman–Crippen MR) is 71.9 cm³/mol. The third-order valence-corrected chi connectivity index (χ3v) is 3.28. The van der Waals surface area contributed by atoms with Crippen LogP contribution in [-0.2, 0) is 11.3 Å². The Bertz CT molecular complexity index is 393. The average molecular weight is 247 g/mol. The van der Waals surface area contributed by atoms with Crippen molar-refractivity contribution >= 4 is 5.91 Å². The van der Waals surface area contributed by atoms with Gasteiger partial charge >= 0.3 is 0 Å². The van der Waals surface area contributed by atoms with Crippen molar-refractivity contribution in [2.24, 2.45) is 5.73 Å². The lowest BCUT2D eigenvalue weighted by Gasteiger charge is -2.21. The van der Waals surface area contributed by atoms with Crippen LogP contribution >= 0.6 is 0 Å². The third-order valence-electron chi connectivity index (χ3n) is 3.28. The van der Waals surface area contributed by atoms with Gasteiger partial charge in [0.05, 0.1) is 6.54 Å². The number of nitrogens with two attached hydrogens (primary N) is 1. The third kappa shape index (κ3) is 3.55. The van der Waals surface area contributed by atoms with E-state index in [1.807, 2.05) is 35.0 Å². The Hall–Kier alpha value is -1.39. The van der Waals surface area contributed by atoms with Crippen molar-refractivity contribution in [3.05, 3.63) is 35.9 Å². The molecular formula is C14H21N3O. The normalized spacial score (nSPS) is 19.5. The zero-order valence-electron chi connectivity index (χ0n) is 10.9. The summed E-state index contributed by atoms with van der Waals surface area (Å²) in [4.78, 5) is 15.9. The molecule has 98 valence electrons. The number of hydrogen-bond acceptors (Lipinski definition) is 3. The monoisotopic (exact) mass is 247 g/mol. The summed E-state index contributed by atoms with van der Waals surface area (Å²) in [5.41, 5.74) is 7.04. The summed E-state index contributed by atoms with van der Waals surface area (Å²) in [5.74, 6) is 0.182. The summed E-state index contributed by atoms with van der Waals surface area (Å²) in [7, 11) is 1.97. The predicted octanol–water partition coefficient (Wildman–Crippen LogP) is 0.678. The van der Waals surface area contributed by atoms with E-state index in [1.165, 1.54) is 5.56 Å². The first-order valence-electron chi connectivity index (χ1n) is 6.41. The van der Waals surface area contributed by atoms with Gasteiger partial charge in [0.15, 0.2) is 0 Å². The molecule has 1 aliphatic heterocycles. The van der Waals surface area contributed by atoms with Crippen LogP contribution in [0.1, 0.15) is 12.0 Å². The maximum atomic E-state index is 12.0. The molecule has 2 N–H and O–H groups in total. The fourth-order valence-electron chi connectivity index (χ4n) is 2.30. The Labute approximate surface area is 108 Å². The Balaban J connectivity index is 1.80. The van der Waals surface area contributed by atoms with E-state index in [0.717, 1.165) is 19.5 Å². The Morgan fingerprint density at radius 3 is 2.78 bits per heavy atom. The highest BCUT2D eigenvalue weighted by molar-refractivity contribution is 5.78. The average Bonchev–Trinajstić information content (AvgIpc) is 2.77. The van der Waals surface area contributed by atoms with E-state index in [0.29, 0.717) is 13.1 Å². The van der Waals surface area contributed by atoms with Gasteiger partial charge in [0.1, 0.15) is 0 Å². The zero-order chi connectivity index (χ0) is 13.0. The molecule has 1 unspecified atom stereocenters.